The van der Waals surface area contributed by atoms with E-state index in [9.17, 15) is 5.11 Å². The van der Waals surface area contributed by atoms with E-state index in [-0.39, 0.29) is 6.10 Å². The van der Waals surface area contributed by atoms with Crippen LogP contribution in [0.4, 0.5) is 0 Å². The van der Waals surface area contributed by atoms with Gasteiger partial charge in [0.1, 0.15) is 5.75 Å². The van der Waals surface area contributed by atoms with Crippen LogP contribution >= 0.6 is 11.8 Å². The third kappa shape index (κ3) is 3.18. The zero-order valence-electron chi connectivity index (χ0n) is 9.85. The first-order valence-electron chi connectivity index (χ1n) is 5.74. The molecule has 90 valence electrons. The monoisotopic (exact) mass is 248 g/mol. The van der Waals surface area contributed by atoms with E-state index < -0.39 is 4.93 Å². The van der Waals surface area contributed by atoms with Gasteiger partial charge >= 0.3 is 0 Å². The van der Waals surface area contributed by atoms with Crippen LogP contribution in [0.15, 0.2) is 30.3 Å². The maximum Gasteiger partial charge on any atom is 0.218 e. The van der Waals surface area contributed by atoms with Crippen molar-refractivity contribution in [1.29, 1.82) is 0 Å². The average molecular weight is 248 g/mol. The lowest BCUT2D eigenvalue weighted by atomic mass is 10.1. The molecule has 0 bridgehead atoms. The number of para-hydroxylation sites is 1. The highest BCUT2D eigenvalue weighted by atomic mass is 32.2. The van der Waals surface area contributed by atoms with Crippen molar-refractivity contribution in [3.05, 3.63) is 30.3 Å². The Morgan fingerprint density at radius 1 is 1.41 bits per heavy atom. The van der Waals surface area contributed by atoms with Crippen molar-refractivity contribution in [2.45, 2.75) is 30.8 Å². The summed E-state index contributed by atoms with van der Waals surface area (Å²) in [6.45, 7) is 1.80. The lowest BCUT2D eigenvalue weighted by Gasteiger charge is -2.34. The molecule has 2 rings (SSSR count). The molecule has 1 N–H and O–H groups in total. The van der Waals surface area contributed by atoms with Gasteiger partial charge in [0, 0.05) is 12.2 Å². The lowest BCUT2D eigenvalue weighted by Crippen LogP contribution is -2.39. The van der Waals surface area contributed by atoms with Crippen molar-refractivity contribution in [3.8, 4) is 17.6 Å². The van der Waals surface area contributed by atoms with Crippen LogP contribution in [0, 0.1) is 11.8 Å². The van der Waals surface area contributed by atoms with E-state index in [0.29, 0.717) is 6.42 Å². The predicted molar refractivity (Wildman–Crippen MR) is 70.9 cm³/mol. The summed E-state index contributed by atoms with van der Waals surface area (Å²) in [5.74, 6) is 7.70. The number of rotatable bonds is 2. The number of hydrogen-bond acceptors (Lipinski definition) is 3. The normalized spacial score (nSPS) is 28.0. The molecule has 2 nitrogen and oxygen atoms in total. The Kier molecular flexibility index (Phi) is 3.98. The van der Waals surface area contributed by atoms with Crippen molar-refractivity contribution in [1.82, 2.24) is 0 Å². The van der Waals surface area contributed by atoms with E-state index in [1.807, 2.05) is 30.3 Å². The van der Waals surface area contributed by atoms with Gasteiger partial charge in [0.2, 0.25) is 4.93 Å². The Balaban J connectivity index is 2.19. The molecule has 1 aliphatic rings. The van der Waals surface area contributed by atoms with Gasteiger partial charge in [-0.1, -0.05) is 18.2 Å². The summed E-state index contributed by atoms with van der Waals surface area (Å²) in [6, 6.07) is 9.66. The van der Waals surface area contributed by atoms with Crippen LogP contribution in [0.3, 0.4) is 0 Å². The van der Waals surface area contributed by atoms with Gasteiger partial charge in [-0.25, -0.2) is 0 Å². The predicted octanol–water partition coefficient (Wildman–Crippen LogP) is 2.67. The first-order valence-corrected chi connectivity index (χ1v) is 6.73. The minimum Gasteiger partial charge on any atom is -0.465 e. The molecule has 0 saturated carbocycles. The van der Waals surface area contributed by atoms with Crippen molar-refractivity contribution in [2.75, 3.05) is 5.75 Å². The Hall–Kier alpha value is -1.11. The van der Waals surface area contributed by atoms with E-state index in [1.54, 1.807) is 18.7 Å². The second kappa shape index (κ2) is 5.48. The minimum atomic E-state index is -0.590. The van der Waals surface area contributed by atoms with E-state index >= 15 is 0 Å². The molecule has 1 aromatic carbocycles. The molecular weight excluding hydrogens is 232 g/mol. The van der Waals surface area contributed by atoms with Crippen LogP contribution < -0.4 is 4.74 Å². The van der Waals surface area contributed by atoms with Crippen LogP contribution in [0.25, 0.3) is 0 Å². The molecule has 1 saturated heterocycles. The highest BCUT2D eigenvalue weighted by Crippen LogP contribution is 2.38. The molecule has 1 fully saturated rings. The summed E-state index contributed by atoms with van der Waals surface area (Å²) in [5, 5.41) is 9.79. The zero-order valence-corrected chi connectivity index (χ0v) is 10.7. The first kappa shape index (κ1) is 12.3. The third-order valence-corrected chi connectivity index (χ3v) is 3.89. The van der Waals surface area contributed by atoms with Crippen LogP contribution in [-0.2, 0) is 0 Å². The number of benzene rings is 1. The number of thioether (sulfide) groups is 1. The zero-order chi connectivity index (χ0) is 12.1. The molecular formula is C14H16O2S. The van der Waals surface area contributed by atoms with Gasteiger partial charge in [0.05, 0.1) is 6.10 Å². The lowest BCUT2D eigenvalue weighted by molar-refractivity contribution is 0.0941. The molecule has 1 aliphatic heterocycles. The fourth-order valence-corrected chi connectivity index (χ4v) is 3.24. The molecule has 17 heavy (non-hydrogen) atoms. The summed E-state index contributed by atoms with van der Waals surface area (Å²) in [4.78, 5) is -0.590. The summed E-state index contributed by atoms with van der Waals surface area (Å²) in [5.41, 5.74) is 0. The molecule has 0 aliphatic carbocycles. The minimum absolute atomic E-state index is 0.319. The molecule has 1 heterocycles. The van der Waals surface area contributed by atoms with Gasteiger partial charge in [0.15, 0.2) is 0 Å². The molecule has 0 aromatic heterocycles. The molecule has 0 radical (unpaired) electrons. The maximum atomic E-state index is 9.79. The second-order valence-corrected chi connectivity index (χ2v) is 5.39. The van der Waals surface area contributed by atoms with Crippen molar-refractivity contribution in [2.24, 2.45) is 0 Å². The van der Waals surface area contributed by atoms with Gasteiger partial charge in [-0.3, -0.25) is 0 Å². The van der Waals surface area contributed by atoms with Crippen molar-refractivity contribution >= 4 is 11.8 Å². The maximum absolute atomic E-state index is 9.79. The largest absolute Gasteiger partial charge is 0.465 e. The summed E-state index contributed by atoms with van der Waals surface area (Å²) in [6.07, 6.45) is 1.06. The average Bonchev–Trinajstić information content (AvgIpc) is 2.30. The number of aliphatic hydroxyl groups excluding tert-OH is 1. The van der Waals surface area contributed by atoms with E-state index in [1.165, 1.54) is 0 Å². The number of ether oxygens (including phenoxy) is 1. The Bertz CT molecular complexity index is 421. The SMILES string of the molecule is CC#CC1(Oc2ccccc2)CC(O)CCS1. The van der Waals surface area contributed by atoms with Crippen LogP contribution in [0.1, 0.15) is 19.8 Å². The summed E-state index contributed by atoms with van der Waals surface area (Å²) < 4.78 is 5.98. The van der Waals surface area contributed by atoms with Crippen LogP contribution in [0.5, 0.6) is 5.75 Å². The highest BCUT2D eigenvalue weighted by molar-refractivity contribution is 8.00. The van der Waals surface area contributed by atoms with Gasteiger partial charge in [0.25, 0.3) is 0 Å². The van der Waals surface area contributed by atoms with Gasteiger partial charge in [-0.05, 0) is 31.4 Å². The van der Waals surface area contributed by atoms with Crippen molar-refractivity contribution < 1.29 is 9.84 Å². The number of hydrogen-bond donors (Lipinski definition) is 1. The first-order chi connectivity index (χ1) is 8.24. The molecule has 2 unspecified atom stereocenters. The van der Waals surface area contributed by atoms with Crippen molar-refractivity contribution in [3.63, 3.8) is 0 Å². The third-order valence-electron chi connectivity index (χ3n) is 2.63. The van der Waals surface area contributed by atoms with E-state index in [2.05, 4.69) is 11.8 Å². The molecule has 0 amide bonds. The Morgan fingerprint density at radius 2 is 2.18 bits per heavy atom. The fraction of sp³-hybridized carbons (Fsp3) is 0.429. The highest BCUT2D eigenvalue weighted by Gasteiger charge is 2.37. The quantitative estimate of drug-likeness (QED) is 0.816. The van der Waals surface area contributed by atoms with E-state index in [0.717, 1.165) is 17.9 Å². The summed E-state index contributed by atoms with van der Waals surface area (Å²) in [7, 11) is 0. The standard InChI is InChI=1S/C14H16O2S/c1-2-9-14(11-12(15)8-10-17-14)16-13-6-4-3-5-7-13/h3-7,12,15H,8,10-11H2,1H3. The van der Waals surface area contributed by atoms with Gasteiger partial charge < -0.3 is 9.84 Å². The van der Waals surface area contributed by atoms with Gasteiger partial charge in [-0.15, -0.1) is 17.7 Å². The van der Waals surface area contributed by atoms with Gasteiger partial charge in [-0.2, -0.15) is 0 Å². The molecule has 2 atom stereocenters. The Labute approximate surface area is 106 Å². The second-order valence-electron chi connectivity index (χ2n) is 4.04. The Morgan fingerprint density at radius 3 is 2.82 bits per heavy atom. The summed E-state index contributed by atoms with van der Waals surface area (Å²) >= 11 is 1.68. The fourth-order valence-electron chi connectivity index (χ4n) is 1.88. The molecule has 1 aromatic rings. The number of aliphatic hydroxyl groups is 1. The van der Waals surface area contributed by atoms with Crippen LogP contribution in [0.2, 0.25) is 0 Å². The molecule has 3 heteroatoms. The van der Waals surface area contributed by atoms with E-state index in [4.69, 9.17) is 4.74 Å². The van der Waals surface area contributed by atoms with Crippen LogP contribution in [-0.4, -0.2) is 21.9 Å². The molecule has 0 spiro atoms. The topological polar surface area (TPSA) is 29.5 Å². The smallest absolute Gasteiger partial charge is 0.218 e.